The summed E-state index contributed by atoms with van der Waals surface area (Å²) in [5.41, 5.74) is 3.97. The highest BCUT2D eigenvalue weighted by molar-refractivity contribution is 9.10. The largest absolute Gasteiger partial charge is 0.508 e. The number of halogens is 2. The molecule has 0 aromatic heterocycles. The lowest BCUT2D eigenvalue weighted by atomic mass is 9.93. The van der Waals surface area contributed by atoms with Crippen molar-refractivity contribution in [3.05, 3.63) is 99.0 Å². The SMILES string of the molecule is Oc1ccccc1C1CC(c2ccc(Cl)cc2)=NC(c2cccc(Br)c2)N1. The average molecular weight is 442 g/mol. The Balaban J connectivity index is 1.76. The van der Waals surface area contributed by atoms with E-state index < -0.39 is 0 Å². The maximum Gasteiger partial charge on any atom is 0.126 e. The normalized spacial score (nSPS) is 19.6. The molecule has 1 aliphatic heterocycles. The van der Waals surface area contributed by atoms with Gasteiger partial charge in [-0.2, -0.15) is 0 Å². The van der Waals surface area contributed by atoms with Crippen molar-refractivity contribution in [1.29, 1.82) is 0 Å². The number of nitrogens with one attached hydrogen (secondary N) is 1. The molecule has 0 spiro atoms. The quantitative estimate of drug-likeness (QED) is 0.521. The van der Waals surface area contributed by atoms with Crippen LogP contribution >= 0.6 is 27.5 Å². The third-order valence-corrected chi connectivity index (χ3v) is 5.44. The van der Waals surface area contributed by atoms with E-state index in [1.54, 1.807) is 6.07 Å². The van der Waals surface area contributed by atoms with Gasteiger partial charge in [-0.15, -0.1) is 0 Å². The van der Waals surface area contributed by atoms with E-state index in [2.05, 4.69) is 33.4 Å². The second kappa shape index (κ2) is 7.85. The smallest absolute Gasteiger partial charge is 0.126 e. The highest BCUT2D eigenvalue weighted by Gasteiger charge is 2.27. The van der Waals surface area contributed by atoms with E-state index in [-0.39, 0.29) is 12.2 Å². The number of phenolic OH excluding ortho intramolecular Hbond substituents is 1. The van der Waals surface area contributed by atoms with Gasteiger partial charge in [0.05, 0.1) is 0 Å². The number of para-hydroxylation sites is 1. The molecular weight excluding hydrogens is 424 g/mol. The lowest BCUT2D eigenvalue weighted by molar-refractivity contribution is 0.412. The molecule has 4 rings (SSSR count). The molecule has 0 bridgehead atoms. The van der Waals surface area contributed by atoms with Gasteiger partial charge in [0.2, 0.25) is 0 Å². The summed E-state index contributed by atoms with van der Waals surface area (Å²) in [6.45, 7) is 0. The van der Waals surface area contributed by atoms with E-state index in [9.17, 15) is 5.11 Å². The van der Waals surface area contributed by atoms with Crippen LogP contribution in [0.25, 0.3) is 0 Å². The number of phenols is 1. The first kappa shape index (κ1) is 18.2. The number of nitrogens with zero attached hydrogens (tertiary/aromatic N) is 1. The topological polar surface area (TPSA) is 44.6 Å². The molecule has 0 radical (unpaired) electrons. The Hall–Kier alpha value is -2.14. The number of benzene rings is 3. The molecule has 5 heteroatoms. The van der Waals surface area contributed by atoms with Gasteiger partial charge in [0.15, 0.2) is 0 Å². The van der Waals surface area contributed by atoms with Crippen LogP contribution in [0.3, 0.4) is 0 Å². The first-order valence-corrected chi connectivity index (χ1v) is 9.89. The third kappa shape index (κ3) is 4.08. The second-order valence-corrected chi connectivity index (χ2v) is 7.87. The fourth-order valence-electron chi connectivity index (χ4n) is 3.35. The molecule has 2 N–H and O–H groups in total. The van der Waals surface area contributed by atoms with Crippen molar-refractivity contribution in [2.24, 2.45) is 4.99 Å². The first-order valence-electron chi connectivity index (χ1n) is 8.72. The average Bonchev–Trinajstić information content (AvgIpc) is 2.68. The lowest BCUT2D eigenvalue weighted by Gasteiger charge is -2.31. The molecule has 0 saturated carbocycles. The van der Waals surface area contributed by atoms with Crippen molar-refractivity contribution in [2.75, 3.05) is 0 Å². The van der Waals surface area contributed by atoms with E-state index >= 15 is 0 Å². The minimum atomic E-state index is -0.202. The molecule has 2 atom stereocenters. The molecule has 3 nitrogen and oxygen atoms in total. The summed E-state index contributed by atoms with van der Waals surface area (Å²) >= 11 is 9.58. The van der Waals surface area contributed by atoms with Crippen LogP contribution in [-0.2, 0) is 0 Å². The van der Waals surface area contributed by atoms with Crippen LogP contribution in [0.4, 0.5) is 0 Å². The molecule has 1 heterocycles. The van der Waals surface area contributed by atoms with Crippen LogP contribution in [-0.4, -0.2) is 10.8 Å². The van der Waals surface area contributed by atoms with Crippen LogP contribution < -0.4 is 5.32 Å². The fraction of sp³-hybridized carbons (Fsp3) is 0.136. The van der Waals surface area contributed by atoms with Gasteiger partial charge in [0, 0.05) is 33.2 Å². The zero-order chi connectivity index (χ0) is 18.8. The molecule has 27 heavy (non-hydrogen) atoms. The Bertz CT molecular complexity index is 988. The predicted octanol–water partition coefficient (Wildman–Crippen LogP) is 6.03. The number of hydrogen-bond donors (Lipinski definition) is 2. The van der Waals surface area contributed by atoms with Gasteiger partial charge >= 0.3 is 0 Å². The molecule has 136 valence electrons. The Morgan fingerprint density at radius 1 is 1.00 bits per heavy atom. The molecule has 3 aromatic rings. The van der Waals surface area contributed by atoms with Crippen LogP contribution in [0.5, 0.6) is 5.75 Å². The zero-order valence-corrected chi connectivity index (χ0v) is 16.8. The highest BCUT2D eigenvalue weighted by Crippen LogP contribution is 2.34. The maximum absolute atomic E-state index is 10.4. The van der Waals surface area contributed by atoms with Gasteiger partial charge in [-0.25, -0.2) is 0 Å². The van der Waals surface area contributed by atoms with E-state index in [4.69, 9.17) is 16.6 Å². The number of rotatable bonds is 3. The molecule has 0 fully saturated rings. The Morgan fingerprint density at radius 2 is 1.78 bits per heavy atom. The summed E-state index contributed by atoms with van der Waals surface area (Å²) in [6.07, 6.45) is 0.482. The molecule has 0 amide bonds. The van der Waals surface area contributed by atoms with Gasteiger partial charge in [-0.3, -0.25) is 10.3 Å². The summed E-state index contributed by atoms with van der Waals surface area (Å²) in [5.74, 6) is 0.292. The zero-order valence-electron chi connectivity index (χ0n) is 14.4. The Kier molecular flexibility index (Phi) is 5.30. The Labute approximate surface area is 171 Å². The van der Waals surface area contributed by atoms with Crippen molar-refractivity contribution in [3.63, 3.8) is 0 Å². The second-order valence-electron chi connectivity index (χ2n) is 6.52. The summed E-state index contributed by atoms with van der Waals surface area (Å²) < 4.78 is 1.01. The van der Waals surface area contributed by atoms with Gasteiger partial charge in [0.1, 0.15) is 11.9 Å². The lowest BCUT2D eigenvalue weighted by Crippen LogP contribution is -2.33. The Morgan fingerprint density at radius 3 is 2.52 bits per heavy atom. The van der Waals surface area contributed by atoms with Crippen molar-refractivity contribution in [1.82, 2.24) is 5.32 Å². The molecule has 0 saturated heterocycles. The van der Waals surface area contributed by atoms with Crippen molar-refractivity contribution < 1.29 is 5.11 Å². The first-order chi connectivity index (χ1) is 13.1. The van der Waals surface area contributed by atoms with Gasteiger partial charge in [-0.05, 0) is 41.5 Å². The maximum atomic E-state index is 10.4. The summed E-state index contributed by atoms with van der Waals surface area (Å²) in [5, 5.41) is 14.6. The van der Waals surface area contributed by atoms with Crippen LogP contribution in [0.2, 0.25) is 5.02 Å². The van der Waals surface area contributed by atoms with Crippen LogP contribution in [0, 0.1) is 0 Å². The van der Waals surface area contributed by atoms with Crippen LogP contribution in [0.15, 0.2) is 82.3 Å². The predicted molar refractivity (Wildman–Crippen MR) is 113 cm³/mol. The van der Waals surface area contributed by atoms with Gasteiger partial charge < -0.3 is 5.11 Å². The highest BCUT2D eigenvalue weighted by atomic mass is 79.9. The number of aromatic hydroxyl groups is 1. The third-order valence-electron chi connectivity index (χ3n) is 4.70. The van der Waals surface area contributed by atoms with Gasteiger partial charge in [-0.1, -0.05) is 70.0 Å². The fourth-order valence-corrected chi connectivity index (χ4v) is 3.90. The van der Waals surface area contributed by atoms with Crippen molar-refractivity contribution in [2.45, 2.75) is 18.6 Å². The molecule has 0 aliphatic carbocycles. The minimum absolute atomic E-state index is 0.0432. The molecule has 1 aliphatic rings. The molecule has 2 unspecified atom stereocenters. The molecule has 3 aromatic carbocycles. The van der Waals surface area contributed by atoms with Gasteiger partial charge in [0.25, 0.3) is 0 Å². The number of hydrogen-bond acceptors (Lipinski definition) is 3. The van der Waals surface area contributed by atoms with E-state index in [0.29, 0.717) is 17.2 Å². The van der Waals surface area contributed by atoms with E-state index in [0.717, 1.165) is 26.9 Å². The standard InChI is InChI=1S/C22H18BrClN2O/c23-16-5-3-4-15(12-16)22-25-19(14-8-10-17(24)11-9-14)13-20(26-22)18-6-1-2-7-21(18)27/h1-12,20,22,26-27H,13H2. The van der Waals surface area contributed by atoms with E-state index in [1.807, 2.05) is 54.6 Å². The molecular formula is C22H18BrClN2O. The minimum Gasteiger partial charge on any atom is -0.508 e. The summed E-state index contributed by atoms with van der Waals surface area (Å²) in [7, 11) is 0. The van der Waals surface area contributed by atoms with E-state index in [1.165, 1.54) is 0 Å². The van der Waals surface area contributed by atoms with Crippen LogP contribution in [0.1, 0.15) is 35.3 Å². The van der Waals surface area contributed by atoms with Crippen molar-refractivity contribution >= 4 is 33.2 Å². The number of aliphatic imine (C=N–C) groups is 1. The monoisotopic (exact) mass is 440 g/mol. The summed E-state index contributed by atoms with van der Waals surface area (Å²) in [6, 6.07) is 23.3. The van der Waals surface area contributed by atoms with Crippen molar-refractivity contribution in [3.8, 4) is 5.75 Å². The summed E-state index contributed by atoms with van der Waals surface area (Å²) in [4.78, 5) is 4.96.